The predicted octanol–water partition coefficient (Wildman–Crippen LogP) is 3.30. The SMILES string of the molecule is Cc1cc(Br)ccc1NC(=O)C[NH2+][C@H](C)c1ccc(F)cc1F. The molecule has 2 aromatic carbocycles. The van der Waals surface area contributed by atoms with Gasteiger partial charge in [-0.2, -0.15) is 0 Å². The summed E-state index contributed by atoms with van der Waals surface area (Å²) in [5, 5.41) is 4.53. The van der Waals surface area contributed by atoms with E-state index in [0.717, 1.165) is 21.8 Å². The summed E-state index contributed by atoms with van der Waals surface area (Å²) < 4.78 is 27.6. The maximum Gasteiger partial charge on any atom is 0.279 e. The van der Waals surface area contributed by atoms with Gasteiger partial charge >= 0.3 is 0 Å². The summed E-state index contributed by atoms with van der Waals surface area (Å²) >= 11 is 3.37. The van der Waals surface area contributed by atoms with Crippen LogP contribution in [0.2, 0.25) is 0 Å². The lowest BCUT2D eigenvalue weighted by molar-refractivity contribution is -0.682. The van der Waals surface area contributed by atoms with Crippen molar-refractivity contribution in [1.82, 2.24) is 0 Å². The molecule has 3 N–H and O–H groups in total. The second-order valence-electron chi connectivity index (χ2n) is 5.40. The molecule has 2 aromatic rings. The highest BCUT2D eigenvalue weighted by atomic mass is 79.9. The first-order valence-corrected chi connectivity index (χ1v) is 8.00. The van der Waals surface area contributed by atoms with E-state index < -0.39 is 11.6 Å². The van der Waals surface area contributed by atoms with Crippen LogP contribution in [-0.4, -0.2) is 12.5 Å². The first-order chi connectivity index (χ1) is 10.9. The van der Waals surface area contributed by atoms with Crippen LogP contribution in [0.15, 0.2) is 40.9 Å². The lowest BCUT2D eigenvalue weighted by Crippen LogP contribution is -2.86. The van der Waals surface area contributed by atoms with Crippen LogP contribution in [0.3, 0.4) is 0 Å². The van der Waals surface area contributed by atoms with Gasteiger partial charge in [0.05, 0.1) is 0 Å². The molecule has 1 atom stereocenters. The van der Waals surface area contributed by atoms with Gasteiger partial charge in [0.2, 0.25) is 0 Å². The maximum absolute atomic E-state index is 13.7. The van der Waals surface area contributed by atoms with Crippen LogP contribution in [0, 0.1) is 18.6 Å². The minimum Gasteiger partial charge on any atom is -0.332 e. The van der Waals surface area contributed by atoms with Gasteiger partial charge in [-0.25, -0.2) is 8.78 Å². The van der Waals surface area contributed by atoms with Crippen molar-refractivity contribution in [2.45, 2.75) is 19.9 Å². The summed E-state index contributed by atoms with van der Waals surface area (Å²) in [4.78, 5) is 12.0. The Bertz CT molecular complexity index is 722. The van der Waals surface area contributed by atoms with E-state index in [1.54, 1.807) is 12.2 Å². The molecule has 3 nitrogen and oxygen atoms in total. The molecule has 0 aliphatic rings. The largest absolute Gasteiger partial charge is 0.332 e. The second kappa shape index (κ2) is 7.66. The lowest BCUT2D eigenvalue weighted by atomic mass is 10.1. The summed E-state index contributed by atoms with van der Waals surface area (Å²) in [7, 11) is 0. The molecule has 2 rings (SSSR count). The van der Waals surface area contributed by atoms with Crippen LogP contribution in [0.5, 0.6) is 0 Å². The summed E-state index contributed by atoms with van der Waals surface area (Å²) in [5.41, 5.74) is 2.07. The third-order valence-electron chi connectivity index (χ3n) is 3.57. The Morgan fingerprint density at radius 1 is 1.26 bits per heavy atom. The normalized spacial score (nSPS) is 12.0. The van der Waals surface area contributed by atoms with Gasteiger partial charge in [0.25, 0.3) is 5.91 Å². The molecule has 6 heteroatoms. The number of quaternary nitrogens is 1. The number of nitrogens with two attached hydrogens (primary N) is 1. The molecule has 0 aliphatic carbocycles. The molecular weight excluding hydrogens is 366 g/mol. The first-order valence-electron chi connectivity index (χ1n) is 7.21. The van der Waals surface area contributed by atoms with Gasteiger partial charge in [0.15, 0.2) is 6.54 Å². The molecule has 0 radical (unpaired) electrons. The standard InChI is InChI=1S/C17H17BrF2N2O/c1-10-7-12(18)3-6-16(10)22-17(23)9-21-11(2)14-5-4-13(19)8-15(14)20/h3-8,11,21H,9H2,1-2H3,(H,22,23)/p+1/t11-/m1/s1. The van der Waals surface area contributed by atoms with Crippen LogP contribution >= 0.6 is 15.9 Å². The number of carbonyl (C=O) groups excluding carboxylic acids is 1. The van der Waals surface area contributed by atoms with E-state index >= 15 is 0 Å². The van der Waals surface area contributed by atoms with Crippen molar-refractivity contribution in [2.75, 3.05) is 11.9 Å². The number of halogens is 3. The number of rotatable bonds is 5. The Kier molecular flexibility index (Phi) is 5.85. The summed E-state index contributed by atoms with van der Waals surface area (Å²) in [6.07, 6.45) is 0. The number of aryl methyl sites for hydroxylation is 1. The Morgan fingerprint density at radius 2 is 2.00 bits per heavy atom. The zero-order chi connectivity index (χ0) is 17.0. The van der Waals surface area contributed by atoms with Gasteiger partial charge in [-0.05, 0) is 49.7 Å². The van der Waals surface area contributed by atoms with Crippen LogP contribution < -0.4 is 10.6 Å². The number of nitrogens with one attached hydrogen (secondary N) is 1. The molecule has 122 valence electrons. The molecule has 0 aromatic heterocycles. The molecule has 0 spiro atoms. The summed E-state index contributed by atoms with van der Waals surface area (Å²) in [6, 6.07) is 8.77. The van der Waals surface area contributed by atoms with Crippen LogP contribution in [0.25, 0.3) is 0 Å². The monoisotopic (exact) mass is 383 g/mol. The fraction of sp³-hybridized carbons (Fsp3) is 0.235. The second-order valence-corrected chi connectivity index (χ2v) is 6.32. The van der Waals surface area contributed by atoms with Crippen molar-refractivity contribution in [1.29, 1.82) is 0 Å². The third-order valence-corrected chi connectivity index (χ3v) is 4.07. The zero-order valence-electron chi connectivity index (χ0n) is 12.9. The van der Waals surface area contributed by atoms with Gasteiger partial charge in [-0.3, -0.25) is 4.79 Å². The fourth-order valence-corrected chi connectivity index (χ4v) is 2.73. The highest BCUT2D eigenvalue weighted by molar-refractivity contribution is 9.10. The minimum atomic E-state index is -0.609. The summed E-state index contributed by atoms with van der Waals surface area (Å²) in [5.74, 6) is -1.38. The van der Waals surface area contributed by atoms with Crippen molar-refractivity contribution < 1.29 is 18.9 Å². The molecule has 0 heterocycles. The van der Waals surface area contributed by atoms with Gasteiger partial charge < -0.3 is 10.6 Å². The van der Waals surface area contributed by atoms with Crippen molar-refractivity contribution in [3.05, 3.63) is 63.6 Å². The van der Waals surface area contributed by atoms with E-state index in [1.807, 2.05) is 25.1 Å². The van der Waals surface area contributed by atoms with Crippen molar-refractivity contribution >= 4 is 27.5 Å². The lowest BCUT2D eigenvalue weighted by Gasteiger charge is -2.13. The smallest absolute Gasteiger partial charge is 0.279 e. The summed E-state index contributed by atoms with van der Waals surface area (Å²) in [6.45, 7) is 3.82. The van der Waals surface area contributed by atoms with E-state index in [4.69, 9.17) is 0 Å². The number of amides is 1. The predicted molar refractivity (Wildman–Crippen MR) is 89.1 cm³/mol. The maximum atomic E-state index is 13.7. The van der Waals surface area contributed by atoms with E-state index in [9.17, 15) is 13.6 Å². The Balaban J connectivity index is 1.93. The molecule has 0 aliphatic heterocycles. The highest BCUT2D eigenvalue weighted by Gasteiger charge is 2.16. The Hall–Kier alpha value is -1.79. The number of hydrogen-bond donors (Lipinski definition) is 2. The molecule has 23 heavy (non-hydrogen) atoms. The van der Waals surface area contributed by atoms with E-state index in [1.165, 1.54) is 12.1 Å². The number of hydrogen-bond acceptors (Lipinski definition) is 1. The molecule has 0 bridgehead atoms. The Morgan fingerprint density at radius 3 is 2.65 bits per heavy atom. The van der Waals surface area contributed by atoms with Gasteiger partial charge in [0, 0.05) is 21.8 Å². The number of anilines is 1. The molecule has 0 unspecified atom stereocenters. The van der Waals surface area contributed by atoms with Gasteiger partial charge in [0.1, 0.15) is 17.7 Å². The molecule has 0 fully saturated rings. The van der Waals surface area contributed by atoms with E-state index in [-0.39, 0.29) is 18.5 Å². The van der Waals surface area contributed by atoms with E-state index in [2.05, 4.69) is 21.2 Å². The van der Waals surface area contributed by atoms with Crippen molar-refractivity contribution in [2.24, 2.45) is 0 Å². The fourth-order valence-electron chi connectivity index (χ4n) is 2.25. The Labute approximate surface area is 142 Å². The molecule has 0 saturated heterocycles. The van der Waals surface area contributed by atoms with Crippen LogP contribution in [0.4, 0.5) is 14.5 Å². The topological polar surface area (TPSA) is 45.7 Å². The minimum absolute atomic E-state index is 0.146. The van der Waals surface area contributed by atoms with E-state index in [0.29, 0.717) is 5.56 Å². The average molecular weight is 384 g/mol. The molecule has 0 saturated carbocycles. The zero-order valence-corrected chi connectivity index (χ0v) is 14.5. The van der Waals surface area contributed by atoms with Crippen molar-refractivity contribution in [3.8, 4) is 0 Å². The van der Waals surface area contributed by atoms with Crippen LogP contribution in [0.1, 0.15) is 24.1 Å². The highest BCUT2D eigenvalue weighted by Crippen LogP contribution is 2.19. The molecule has 1 amide bonds. The third kappa shape index (κ3) is 4.84. The quantitative estimate of drug-likeness (QED) is 0.817. The number of benzene rings is 2. The van der Waals surface area contributed by atoms with Gasteiger partial charge in [-0.1, -0.05) is 15.9 Å². The van der Waals surface area contributed by atoms with Crippen molar-refractivity contribution in [3.63, 3.8) is 0 Å². The average Bonchev–Trinajstić information content (AvgIpc) is 2.48. The molecular formula is C17H18BrF2N2O+. The first kappa shape index (κ1) is 17.6. The van der Waals surface area contributed by atoms with Crippen LogP contribution in [-0.2, 0) is 4.79 Å². The van der Waals surface area contributed by atoms with Gasteiger partial charge in [-0.15, -0.1) is 0 Å². The number of carbonyl (C=O) groups is 1.